The minimum absolute atomic E-state index is 1.03. The second kappa shape index (κ2) is 5.71. The Hall–Kier alpha value is -1.08. The molecule has 18 heavy (non-hydrogen) atoms. The molecular formula is C17H23N. The number of benzene rings is 1. The van der Waals surface area contributed by atoms with Crippen molar-refractivity contribution >= 4 is 0 Å². The summed E-state index contributed by atoms with van der Waals surface area (Å²) in [6.07, 6.45) is 11.6. The summed E-state index contributed by atoms with van der Waals surface area (Å²) in [5.74, 6) is 0. The van der Waals surface area contributed by atoms with Crippen molar-refractivity contribution in [2.45, 2.75) is 51.5 Å². The summed E-state index contributed by atoms with van der Waals surface area (Å²) in [6, 6.07) is 7.04. The lowest BCUT2D eigenvalue weighted by molar-refractivity contribution is 0.675. The number of hydrogen-bond donors (Lipinski definition) is 1. The van der Waals surface area contributed by atoms with Gasteiger partial charge in [-0.1, -0.05) is 29.8 Å². The summed E-state index contributed by atoms with van der Waals surface area (Å²) in [6.45, 7) is 2.16. The molecule has 1 nitrogen and oxygen atoms in total. The molecule has 0 saturated carbocycles. The van der Waals surface area contributed by atoms with E-state index in [1.54, 1.807) is 16.7 Å². The lowest BCUT2D eigenvalue weighted by Gasteiger charge is -2.07. The van der Waals surface area contributed by atoms with Gasteiger partial charge >= 0.3 is 0 Å². The van der Waals surface area contributed by atoms with Crippen molar-refractivity contribution in [3.05, 3.63) is 46.5 Å². The molecule has 0 aromatic heterocycles. The van der Waals surface area contributed by atoms with Crippen molar-refractivity contribution < 1.29 is 0 Å². The van der Waals surface area contributed by atoms with Gasteiger partial charge in [0, 0.05) is 6.54 Å². The topological polar surface area (TPSA) is 12.0 Å². The van der Waals surface area contributed by atoms with Gasteiger partial charge in [0.1, 0.15) is 0 Å². The van der Waals surface area contributed by atoms with Crippen LogP contribution in [-0.2, 0) is 19.4 Å². The molecule has 3 rings (SSSR count). The van der Waals surface area contributed by atoms with Crippen LogP contribution in [0.15, 0.2) is 29.8 Å². The molecule has 1 heteroatoms. The zero-order valence-electron chi connectivity index (χ0n) is 11.2. The lowest BCUT2D eigenvalue weighted by atomic mass is 10.1. The van der Waals surface area contributed by atoms with Crippen LogP contribution in [0.1, 0.15) is 48.8 Å². The van der Waals surface area contributed by atoms with Crippen molar-refractivity contribution in [3.63, 3.8) is 0 Å². The molecule has 0 aliphatic heterocycles. The van der Waals surface area contributed by atoms with Crippen molar-refractivity contribution in [2.24, 2.45) is 0 Å². The first kappa shape index (κ1) is 12.0. The van der Waals surface area contributed by atoms with Gasteiger partial charge in [0.2, 0.25) is 0 Å². The van der Waals surface area contributed by atoms with Crippen LogP contribution in [0.4, 0.5) is 0 Å². The molecule has 0 spiro atoms. The van der Waals surface area contributed by atoms with E-state index in [-0.39, 0.29) is 0 Å². The van der Waals surface area contributed by atoms with Crippen molar-refractivity contribution in [2.75, 3.05) is 6.54 Å². The highest BCUT2D eigenvalue weighted by Gasteiger charge is 2.10. The van der Waals surface area contributed by atoms with Gasteiger partial charge in [0.05, 0.1) is 0 Å². The van der Waals surface area contributed by atoms with Crippen LogP contribution in [-0.4, -0.2) is 6.54 Å². The van der Waals surface area contributed by atoms with E-state index in [0.29, 0.717) is 0 Å². The van der Waals surface area contributed by atoms with Gasteiger partial charge in [-0.15, -0.1) is 0 Å². The van der Waals surface area contributed by atoms with Gasteiger partial charge in [0.15, 0.2) is 0 Å². The Bertz CT molecular complexity index is 445. The van der Waals surface area contributed by atoms with Gasteiger partial charge in [-0.05, 0) is 68.2 Å². The third-order valence-electron chi connectivity index (χ3n) is 4.25. The zero-order chi connectivity index (χ0) is 12.2. The van der Waals surface area contributed by atoms with Gasteiger partial charge in [-0.25, -0.2) is 0 Å². The largest absolute Gasteiger partial charge is 0.312 e. The Labute approximate surface area is 110 Å². The fraction of sp³-hybridized carbons (Fsp3) is 0.529. The highest BCUT2D eigenvalue weighted by atomic mass is 14.8. The van der Waals surface area contributed by atoms with Crippen molar-refractivity contribution in [3.8, 4) is 0 Å². The van der Waals surface area contributed by atoms with E-state index in [1.165, 1.54) is 50.5 Å². The van der Waals surface area contributed by atoms with E-state index in [0.717, 1.165) is 13.1 Å². The predicted molar refractivity (Wildman–Crippen MR) is 76.7 cm³/mol. The number of aryl methyl sites for hydroxylation is 2. The van der Waals surface area contributed by atoms with E-state index in [1.807, 2.05) is 0 Å². The van der Waals surface area contributed by atoms with Gasteiger partial charge < -0.3 is 5.32 Å². The Balaban J connectivity index is 1.45. The SMILES string of the molecule is C1=C(CCNCc2ccc3c(c2)CCC3)CCC1. The first-order valence-corrected chi connectivity index (χ1v) is 7.41. The highest BCUT2D eigenvalue weighted by Crippen LogP contribution is 2.23. The quantitative estimate of drug-likeness (QED) is 0.611. The third-order valence-corrected chi connectivity index (χ3v) is 4.25. The van der Waals surface area contributed by atoms with Crippen LogP contribution in [0, 0.1) is 0 Å². The van der Waals surface area contributed by atoms with Gasteiger partial charge in [-0.3, -0.25) is 0 Å². The fourth-order valence-electron chi connectivity index (χ4n) is 3.18. The van der Waals surface area contributed by atoms with E-state index < -0.39 is 0 Å². The molecule has 0 unspecified atom stereocenters. The maximum Gasteiger partial charge on any atom is 0.0205 e. The maximum atomic E-state index is 3.58. The van der Waals surface area contributed by atoms with E-state index in [9.17, 15) is 0 Å². The number of fused-ring (bicyclic) bond motifs is 1. The molecule has 2 aliphatic rings. The lowest BCUT2D eigenvalue weighted by Crippen LogP contribution is -2.15. The van der Waals surface area contributed by atoms with Crippen LogP contribution in [0.3, 0.4) is 0 Å². The summed E-state index contributed by atoms with van der Waals surface area (Å²) in [5.41, 5.74) is 6.29. The normalized spacial score (nSPS) is 17.9. The van der Waals surface area contributed by atoms with Crippen molar-refractivity contribution in [1.82, 2.24) is 5.32 Å². The summed E-state index contributed by atoms with van der Waals surface area (Å²) in [7, 11) is 0. The molecule has 0 amide bonds. The molecule has 0 fully saturated rings. The first-order valence-electron chi connectivity index (χ1n) is 7.41. The number of hydrogen-bond acceptors (Lipinski definition) is 1. The van der Waals surface area contributed by atoms with Crippen LogP contribution in [0.2, 0.25) is 0 Å². The number of nitrogens with one attached hydrogen (secondary N) is 1. The molecule has 0 atom stereocenters. The number of allylic oxidation sites excluding steroid dienone is 1. The molecule has 0 saturated heterocycles. The Kier molecular flexibility index (Phi) is 3.80. The van der Waals surface area contributed by atoms with Gasteiger partial charge in [-0.2, -0.15) is 0 Å². The highest BCUT2D eigenvalue weighted by molar-refractivity contribution is 5.35. The second-order valence-corrected chi connectivity index (χ2v) is 5.64. The minimum atomic E-state index is 1.03. The van der Waals surface area contributed by atoms with Crippen LogP contribution >= 0.6 is 0 Å². The van der Waals surface area contributed by atoms with Crippen LogP contribution < -0.4 is 5.32 Å². The molecule has 1 aromatic rings. The smallest absolute Gasteiger partial charge is 0.0205 e. The zero-order valence-corrected chi connectivity index (χ0v) is 11.2. The molecule has 1 aromatic carbocycles. The average Bonchev–Trinajstić information content (AvgIpc) is 3.05. The van der Waals surface area contributed by atoms with Crippen LogP contribution in [0.25, 0.3) is 0 Å². The standard InChI is InChI=1S/C17H23N/c1-2-5-14(4-1)10-11-18-13-15-8-9-16-6-3-7-17(16)12-15/h4,8-9,12,18H,1-3,5-7,10-11,13H2. The van der Waals surface area contributed by atoms with E-state index >= 15 is 0 Å². The molecular weight excluding hydrogens is 218 g/mol. The van der Waals surface area contributed by atoms with Gasteiger partial charge in [0.25, 0.3) is 0 Å². The fourth-order valence-corrected chi connectivity index (χ4v) is 3.18. The Morgan fingerprint density at radius 3 is 2.83 bits per heavy atom. The Morgan fingerprint density at radius 2 is 1.94 bits per heavy atom. The second-order valence-electron chi connectivity index (χ2n) is 5.64. The summed E-state index contributed by atoms with van der Waals surface area (Å²) >= 11 is 0. The molecule has 0 radical (unpaired) electrons. The summed E-state index contributed by atoms with van der Waals surface area (Å²) in [5, 5.41) is 3.58. The molecule has 1 N–H and O–H groups in total. The minimum Gasteiger partial charge on any atom is -0.312 e. The van der Waals surface area contributed by atoms with E-state index in [4.69, 9.17) is 0 Å². The van der Waals surface area contributed by atoms with Crippen LogP contribution in [0.5, 0.6) is 0 Å². The van der Waals surface area contributed by atoms with E-state index in [2.05, 4.69) is 29.6 Å². The number of rotatable bonds is 5. The summed E-state index contributed by atoms with van der Waals surface area (Å²) in [4.78, 5) is 0. The third kappa shape index (κ3) is 2.84. The molecule has 96 valence electrons. The summed E-state index contributed by atoms with van der Waals surface area (Å²) < 4.78 is 0. The van der Waals surface area contributed by atoms with Crippen molar-refractivity contribution in [1.29, 1.82) is 0 Å². The molecule has 2 aliphatic carbocycles. The maximum absolute atomic E-state index is 3.58. The predicted octanol–water partition coefficient (Wildman–Crippen LogP) is 3.77. The first-order chi connectivity index (χ1) is 8.92. The monoisotopic (exact) mass is 241 g/mol. The average molecular weight is 241 g/mol. The Morgan fingerprint density at radius 1 is 1.00 bits per heavy atom. The molecule has 0 bridgehead atoms. The molecule has 0 heterocycles.